The first-order valence-corrected chi connectivity index (χ1v) is 13.5. The van der Waals surface area contributed by atoms with Gasteiger partial charge in [0.25, 0.3) is 17.1 Å². The van der Waals surface area contributed by atoms with Crippen molar-refractivity contribution in [2.75, 3.05) is 51.4 Å². The Labute approximate surface area is 232 Å². The van der Waals surface area contributed by atoms with Crippen molar-refractivity contribution in [3.63, 3.8) is 0 Å². The summed E-state index contributed by atoms with van der Waals surface area (Å²) >= 11 is 4.24. The molecule has 0 radical (unpaired) electrons. The summed E-state index contributed by atoms with van der Waals surface area (Å²) in [4.78, 5) is 53.1. The molecular weight excluding hydrogens is 578 g/mol. The van der Waals surface area contributed by atoms with E-state index in [-0.39, 0.29) is 29.9 Å². The first kappa shape index (κ1) is 27.7. The van der Waals surface area contributed by atoms with Gasteiger partial charge >= 0.3 is 0 Å². The average molecular weight is 604 g/mol. The van der Waals surface area contributed by atoms with Gasteiger partial charge in [-0.3, -0.25) is 24.1 Å². The van der Waals surface area contributed by atoms with Gasteiger partial charge in [-0.2, -0.15) is 0 Å². The van der Waals surface area contributed by atoms with Crippen LogP contribution < -0.4 is 14.8 Å². The number of carbonyl (C=O) groups excluding carboxylic acids is 4. The zero-order valence-corrected chi connectivity index (χ0v) is 23.0. The van der Waals surface area contributed by atoms with Crippen LogP contribution in [0.4, 0.5) is 10.5 Å². The summed E-state index contributed by atoms with van der Waals surface area (Å²) < 4.78 is 17.2. The molecule has 4 amide bonds. The van der Waals surface area contributed by atoms with Crippen LogP contribution in [-0.4, -0.2) is 78.8 Å². The van der Waals surface area contributed by atoms with Crippen LogP contribution in [0.5, 0.6) is 11.5 Å². The number of nitrogens with one attached hydrogen (secondary N) is 1. The molecule has 2 aliphatic rings. The Morgan fingerprint density at radius 3 is 2.53 bits per heavy atom. The molecule has 0 atom stereocenters. The summed E-state index contributed by atoms with van der Waals surface area (Å²) in [5.41, 5.74) is 1.22. The maximum Gasteiger partial charge on any atom is 0.294 e. The van der Waals surface area contributed by atoms with Gasteiger partial charge in [0.2, 0.25) is 5.91 Å². The van der Waals surface area contributed by atoms with Crippen molar-refractivity contribution in [2.45, 2.75) is 6.92 Å². The van der Waals surface area contributed by atoms with E-state index in [1.807, 2.05) is 25.1 Å². The lowest BCUT2D eigenvalue weighted by molar-refractivity contribution is -0.139. The number of benzene rings is 2. The van der Waals surface area contributed by atoms with Crippen LogP contribution in [0.25, 0.3) is 6.08 Å². The van der Waals surface area contributed by atoms with Crippen LogP contribution in [0.1, 0.15) is 12.5 Å². The standard InChI is InChI=1S/C26H26BrN3O7S/c1-2-36-20-12-17(19(27)14-21(20)37-16-23(31)28-18-6-4-3-5-7-18)13-22-25(33)30(26(34)38-22)15-24(32)29-8-10-35-11-9-29/h3-7,12-14H,2,8-11,15-16H2,1H3,(H,28,31)/b22-13+. The lowest BCUT2D eigenvalue weighted by Gasteiger charge is -2.28. The number of morpholine rings is 1. The number of carbonyl (C=O) groups is 4. The van der Waals surface area contributed by atoms with Crippen LogP contribution in [0, 0.1) is 0 Å². The highest BCUT2D eigenvalue weighted by Gasteiger charge is 2.37. The predicted octanol–water partition coefficient (Wildman–Crippen LogP) is 3.76. The molecule has 2 aromatic rings. The van der Waals surface area contributed by atoms with Crippen molar-refractivity contribution in [1.82, 2.24) is 9.80 Å². The van der Waals surface area contributed by atoms with E-state index in [4.69, 9.17) is 14.2 Å². The van der Waals surface area contributed by atoms with Crippen molar-refractivity contribution < 1.29 is 33.4 Å². The van der Waals surface area contributed by atoms with E-state index in [0.29, 0.717) is 60.1 Å². The average Bonchev–Trinajstić information content (AvgIpc) is 3.18. The maximum atomic E-state index is 13.0. The minimum Gasteiger partial charge on any atom is -0.490 e. The summed E-state index contributed by atoms with van der Waals surface area (Å²) in [6.07, 6.45) is 1.56. The maximum absolute atomic E-state index is 13.0. The molecule has 0 unspecified atom stereocenters. The molecule has 0 aromatic heterocycles. The minimum atomic E-state index is -0.538. The summed E-state index contributed by atoms with van der Waals surface area (Å²) in [5, 5.41) is 2.24. The molecule has 2 fully saturated rings. The van der Waals surface area contributed by atoms with Gasteiger partial charge in [0.1, 0.15) is 6.54 Å². The monoisotopic (exact) mass is 603 g/mol. The molecule has 200 valence electrons. The van der Waals surface area contributed by atoms with Crippen molar-refractivity contribution >= 4 is 62.4 Å². The van der Waals surface area contributed by atoms with Crippen molar-refractivity contribution in [3.05, 3.63) is 57.4 Å². The van der Waals surface area contributed by atoms with Crippen LogP contribution in [0.3, 0.4) is 0 Å². The van der Waals surface area contributed by atoms with E-state index in [1.54, 1.807) is 35.2 Å². The van der Waals surface area contributed by atoms with Crippen LogP contribution in [0.15, 0.2) is 51.8 Å². The molecule has 2 heterocycles. The van der Waals surface area contributed by atoms with Crippen LogP contribution in [0.2, 0.25) is 0 Å². The minimum absolute atomic E-state index is 0.184. The quantitative estimate of drug-likeness (QED) is 0.431. The summed E-state index contributed by atoms with van der Waals surface area (Å²) in [6.45, 7) is 3.32. The van der Waals surface area contributed by atoms with Gasteiger partial charge in [-0.25, -0.2) is 0 Å². The smallest absolute Gasteiger partial charge is 0.294 e. The normalized spacial score (nSPS) is 16.6. The summed E-state index contributed by atoms with van der Waals surface area (Å²) in [7, 11) is 0. The SMILES string of the molecule is CCOc1cc(/C=C2/SC(=O)N(CC(=O)N3CCOCC3)C2=O)c(Br)cc1OCC(=O)Nc1ccccc1. The first-order chi connectivity index (χ1) is 18.4. The molecular formula is C26H26BrN3O7S. The summed E-state index contributed by atoms with van der Waals surface area (Å²) in [5.74, 6) is -0.461. The topological polar surface area (TPSA) is 114 Å². The number of hydrogen-bond acceptors (Lipinski definition) is 8. The Bertz CT molecular complexity index is 1250. The van der Waals surface area contributed by atoms with E-state index >= 15 is 0 Å². The lowest BCUT2D eigenvalue weighted by Crippen LogP contribution is -2.46. The number of halogens is 1. The number of para-hydroxylation sites is 1. The molecule has 1 N–H and O–H groups in total. The number of amides is 4. The van der Waals surface area contributed by atoms with E-state index in [2.05, 4.69) is 21.2 Å². The molecule has 2 saturated heterocycles. The van der Waals surface area contributed by atoms with Crippen LogP contribution >= 0.6 is 27.7 Å². The first-order valence-electron chi connectivity index (χ1n) is 11.9. The number of rotatable bonds is 9. The third-order valence-electron chi connectivity index (χ3n) is 5.60. The molecule has 0 spiro atoms. The van der Waals surface area contributed by atoms with Gasteiger partial charge in [-0.05, 0) is 54.6 Å². The number of thioether (sulfide) groups is 1. The molecule has 4 rings (SSSR count). The predicted molar refractivity (Wildman–Crippen MR) is 146 cm³/mol. The second-order valence-electron chi connectivity index (χ2n) is 8.22. The fourth-order valence-electron chi connectivity index (χ4n) is 3.73. The van der Waals surface area contributed by atoms with E-state index in [0.717, 1.165) is 16.7 Å². The second-order valence-corrected chi connectivity index (χ2v) is 10.1. The number of ether oxygens (including phenoxy) is 3. The second kappa shape index (κ2) is 12.9. The van der Waals surface area contributed by atoms with Crippen LogP contribution in [-0.2, 0) is 19.1 Å². The highest BCUT2D eigenvalue weighted by atomic mass is 79.9. The molecule has 10 nitrogen and oxygen atoms in total. The Morgan fingerprint density at radius 1 is 1.11 bits per heavy atom. The highest BCUT2D eigenvalue weighted by molar-refractivity contribution is 9.10. The van der Waals surface area contributed by atoms with Crippen molar-refractivity contribution in [3.8, 4) is 11.5 Å². The molecule has 38 heavy (non-hydrogen) atoms. The zero-order valence-electron chi connectivity index (χ0n) is 20.6. The number of anilines is 1. The third-order valence-corrected chi connectivity index (χ3v) is 7.19. The molecule has 2 aromatic carbocycles. The van der Waals surface area contributed by atoms with E-state index in [9.17, 15) is 19.2 Å². The van der Waals surface area contributed by atoms with Gasteiger partial charge in [-0.15, -0.1) is 0 Å². The molecule has 0 bridgehead atoms. The molecule has 0 saturated carbocycles. The van der Waals surface area contributed by atoms with Gasteiger partial charge in [0.05, 0.1) is 24.7 Å². The van der Waals surface area contributed by atoms with Gasteiger partial charge in [0, 0.05) is 23.2 Å². The largest absolute Gasteiger partial charge is 0.490 e. The van der Waals surface area contributed by atoms with Gasteiger partial charge < -0.3 is 24.4 Å². The highest BCUT2D eigenvalue weighted by Crippen LogP contribution is 2.38. The van der Waals surface area contributed by atoms with Crippen molar-refractivity contribution in [2.24, 2.45) is 0 Å². The van der Waals surface area contributed by atoms with Gasteiger partial charge in [-0.1, -0.05) is 34.1 Å². The Kier molecular flexibility index (Phi) is 9.43. The number of hydrogen-bond donors (Lipinski definition) is 1. The Morgan fingerprint density at radius 2 is 1.82 bits per heavy atom. The Hall–Kier alpha value is -3.35. The van der Waals surface area contributed by atoms with Crippen molar-refractivity contribution in [1.29, 1.82) is 0 Å². The Balaban J connectivity index is 1.45. The molecule has 0 aliphatic carbocycles. The lowest BCUT2D eigenvalue weighted by atomic mass is 10.1. The fourth-order valence-corrected chi connectivity index (χ4v) is 5.00. The van der Waals surface area contributed by atoms with E-state index in [1.165, 1.54) is 0 Å². The van der Waals surface area contributed by atoms with Gasteiger partial charge in [0.15, 0.2) is 18.1 Å². The molecule has 12 heteroatoms. The van der Waals surface area contributed by atoms with E-state index < -0.39 is 11.1 Å². The summed E-state index contributed by atoms with van der Waals surface area (Å²) in [6, 6.07) is 12.3. The molecule has 2 aliphatic heterocycles. The third kappa shape index (κ3) is 6.94. The number of imide groups is 1. The fraction of sp³-hybridized carbons (Fsp3) is 0.308. The zero-order chi connectivity index (χ0) is 27.1. The number of nitrogens with zero attached hydrogens (tertiary/aromatic N) is 2.